The number of rotatable bonds is 6. The van der Waals surface area contributed by atoms with Crippen LogP contribution in [0.25, 0.3) is 11.1 Å². The topological polar surface area (TPSA) is 75.7 Å². The molecule has 3 rings (SSSR count). The lowest BCUT2D eigenvalue weighted by atomic mass is 9.96. The molecule has 0 unspecified atom stereocenters. The number of ether oxygens (including phenoxy) is 1. The Hall–Kier alpha value is -2.45. The minimum Gasteiger partial charge on any atom is -0.450 e. The molecule has 0 saturated carbocycles. The van der Waals surface area contributed by atoms with E-state index in [4.69, 9.17) is 4.74 Å². The molecular weight excluding hydrogens is 395 g/mol. The normalized spacial score (nSPS) is 19.3. The summed E-state index contributed by atoms with van der Waals surface area (Å²) in [7, 11) is -3.44. The van der Waals surface area contributed by atoms with Crippen LogP contribution in [0.4, 0.5) is 9.18 Å². The van der Waals surface area contributed by atoms with Crippen molar-refractivity contribution in [1.29, 1.82) is 0 Å². The molecule has 1 aliphatic heterocycles. The largest absolute Gasteiger partial charge is 0.450 e. The van der Waals surface area contributed by atoms with Crippen molar-refractivity contribution in [2.45, 2.75) is 31.8 Å². The molecule has 0 bridgehead atoms. The van der Waals surface area contributed by atoms with Crippen LogP contribution in [0, 0.1) is 5.82 Å². The molecule has 2 atom stereocenters. The van der Waals surface area contributed by atoms with Crippen LogP contribution in [-0.4, -0.2) is 50.9 Å². The maximum atomic E-state index is 14.4. The van der Waals surface area contributed by atoms with Crippen molar-refractivity contribution in [3.05, 3.63) is 59.9 Å². The Labute approximate surface area is 170 Å². The second-order valence-electron chi connectivity index (χ2n) is 7.13. The van der Waals surface area contributed by atoms with Crippen LogP contribution in [0.15, 0.2) is 48.5 Å². The molecular formula is C21H25FN2O4S. The quantitative estimate of drug-likeness (QED) is 0.779. The molecule has 2 aromatic carbocycles. The van der Waals surface area contributed by atoms with Crippen LogP contribution in [0.3, 0.4) is 0 Å². The van der Waals surface area contributed by atoms with E-state index in [2.05, 4.69) is 4.72 Å². The van der Waals surface area contributed by atoms with Gasteiger partial charge in [-0.25, -0.2) is 22.3 Å². The number of nitrogens with zero attached hydrogens (tertiary/aromatic N) is 1. The molecule has 6 nitrogen and oxygen atoms in total. The Morgan fingerprint density at radius 2 is 1.97 bits per heavy atom. The van der Waals surface area contributed by atoms with Crippen LogP contribution >= 0.6 is 0 Å². The molecule has 1 N–H and O–H groups in total. The van der Waals surface area contributed by atoms with E-state index in [9.17, 15) is 17.6 Å². The first-order valence-electron chi connectivity index (χ1n) is 9.53. The molecule has 1 aliphatic rings. The fraction of sp³-hybridized carbons (Fsp3) is 0.381. The zero-order chi connectivity index (χ0) is 21.0. The number of likely N-dealkylation sites (tertiary alicyclic amines) is 1. The number of halogens is 1. The lowest BCUT2D eigenvalue weighted by molar-refractivity contribution is 0.101. The molecule has 0 radical (unpaired) electrons. The number of carbonyl (C=O) groups is 1. The fourth-order valence-corrected chi connectivity index (χ4v) is 4.56. The summed E-state index contributed by atoms with van der Waals surface area (Å²) in [6.45, 7) is 2.35. The minimum atomic E-state index is -3.44. The highest BCUT2D eigenvalue weighted by molar-refractivity contribution is 7.88. The summed E-state index contributed by atoms with van der Waals surface area (Å²) < 4.78 is 45.7. The van der Waals surface area contributed by atoms with Gasteiger partial charge >= 0.3 is 6.09 Å². The van der Waals surface area contributed by atoms with Crippen LogP contribution in [0.2, 0.25) is 0 Å². The zero-order valence-electron chi connectivity index (χ0n) is 16.5. The Bertz CT molecular complexity index is 966. The standard InChI is InChI=1S/C21H25FN2O4S/c1-3-28-21(25)24-12-11-19(23-29(2,26)27)20(24)14-15-9-10-18(22)17(13-15)16-7-5-4-6-8-16/h4-10,13,19-20,23H,3,11-12,14H2,1-2H3/t19-,20-/m0/s1. The lowest BCUT2D eigenvalue weighted by Gasteiger charge is -2.28. The van der Waals surface area contributed by atoms with Crippen molar-refractivity contribution in [3.8, 4) is 11.1 Å². The van der Waals surface area contributed by atoms with Crippen molar-refractivity contribution in [2.75, 3.05) is 19.4 Å². The van der Waals surface area contributed by atoms with Gasteiger partial charge in [0.25, 0.3) is 0 Å². The molecule has 1 heterocycles. The third-order valence-electron chi connectivity index (χ3n) is 4.97. The third kappa shape index (κ3) is 5.33. The van der Waals surface area contributed by atoms with Gasteiger partial charge in [-0.05, 0) is 43.0 Å². The first-order chi connectivity index (χ1) is 13.8. The first kappa shape index (κ1) is 21.3. The van der Waals surface area contributed by atoms with Gasteiger partial charge in [0.05, 0.1) is 18.9 Å². The molecule has 29 heavy (non-hydrogen) atoms. The molecule has 8 heteroatoms. The van der Waals surface area contributed by atoms with Gasteiger partial charge in [0.1, 0.15) is 5.82 Å². The molecule has 1 fully saturated rings. The van der Waals surface area contributed by atoms with Gasteiger partial charge < -0.3 is 9.64 Å². The van der Waals surface area contributed by atoms with Gasteiger partial charge in [-0.15, -0.1) is 0 Å². The lowest BCUT2D eigenvalue weighted by Crippen LogP contribution is -2.47. The van der Waals surface area contributed by atoms with Crippen LogP contribution in [0.5, 0.6) is 0 Å². The highest BCUT2D eigenvalue weighted by Crippen LogP contribution is 2.28. The summed E-state index contributed by atoms with van der Waals surface area (Å²) in [5.74, 6) is -0.334. The number of benzene rings is 2. The highest BCUT2D eigenvalue weighted by atomic mass is 32.2. The van der Waals surface area contributed by atoms with Crippen LogP contribution in [-0.2, 0) is 21.2 Å². The molecule has 2 aromatic rings. The maximum Gasteiger partial charge on any atom is 0.410 e. The van der Waals surface area contributed by atoms with E-state index in [1.54, 1.807) is 24.0 Å². The predicted octanol–water partition coefficient (Wildman–Crippen LogP) is 3.18. The van der Waals surface area contributed by atoms with E-state index in [0.717, 1.165) is 17.4 Å². The van der Waals surface area contributed by atoms with E-state index < -0.39 is 28.2 Å². The average molecular weight is 421 g/mol. The van der Waals surface area contributed by atoms with Gasteiger partial charge in [-0.1, -0.05) is 36.4 Å². The molecule has 156 valence electrons. The second-order valence-corrected chi connectivity index (χ2v) is 8.91. The molecule has 0 spiro atoms. The number of amides is 1. The Kier molecular flexibility index (Phi) is 6.54. The van der Waals surface area contributed by atoms with E-state index in [1.165, 1.54) is 6.07 Å². The van der Waals surface area contributed by atoms with Crippen LogP contribution in [0.1, 0.15) is 18.9 Å². The summed E-state index contributed by atoms with van der Waals surface area (Å²) in [6.07, 6.45) is 1.50. The zero-order valence-corrected chi connectivity index (χ0v) is 17.3. The summed E-state index contributed by atoms with van der Waals surface area (Å²) in [4.78, 5) is 13.9. The smallest absolute Gasteiger partial charge is 0.410 e. The van der Waals surface area contributed by atoms with Crippen molar-refractivity contribution in [2.24, 2.45) is 0 Å². The van der Waals surface area contributed by atoms with E-state index in [1.807, 2.05) is 30.3 Å². The Morgan fingerprint density at radius 3 is 2.62 bits per heavy atom. The van der Waals surface area contributed by atoms with Gasteiger partial charge in [0, 0.05) is 18.2 Å². The molecule has 1 saturated heterocycles. The Balaban J connectivity index is 1.90. The fourth-order valence-electron chi connectivity index (χ4n) is 3.73. The number of sulfonamides is 1. The third-order valence-corrected chi connectivity index (χ3v) is 5.70. The van der Waals surface area contributed by atoms with Gasteiger partial charge in [0.2, 0.25) is 10.0 Å². The van der Waals surface area contributed by atoms with Gasteiger partial charge in [0.15, 0.2) is 0 Å². The van der Waals surface area contributed by atoms with Crippen molar-refractivity contribution in [3.63, 3.8) is 0 Å². The van der Waals surface area contributed by atoms with Gasteiger partial charge in [-0.2, -0.15) is 0 Å². The summed E-state index contributed by atoms with van der Waals surface area (Å²) in [5.41, 5.74) is 2.04. The number of nitrogens with one attached hydrogen (secondary N) is 1. The van der Waals surface area contributed by atoms with E-state index in [-0.39, 0.29) is 12.4 Å². The predicted molar refractivity (Wildman–Crippen MR) is 109 cm³/mol. The summed E-state index contributed by atoms with van der Waals surface area (Å²) in [5, 5.41) is 0. The minimum absolute atomic E-state index is 0.237. The molecule has 1 amide bonds. The number of hydrogen-bond donors (Lipinski definition) is 1. The first-order valence-corrected chi connectivity index (χ1v) is 11.4. The van der Waals surface area contributed by atoms with Crippen molar-refractivity contribution in [1.82, 2.24) is 9.62 Å². The average Bonchev–Trinajstić information content (AvgIpc) is 3.05. The molecule has 0 aliphatic carbocycles. The second kappa shape index (κ2) is 8.92. The molecule has 0 aromatic heterocycles. The van der Waals surface area contributed by atoms with Crippen LogP contribution < -0.4 is 4.72 Å². The van der Waals surface area contributed by atoms with Gasteiger partial charge in [-0.3, -0.25) is 0 Å². The maximum absolute atomic E-state index is 14.4. The SMILES string of the molecule is CCOC(=O)N1CC[C@H](NS(C)(=O)=O)[C@@H]1Cc1ccc(F)c(-c2ccccc2)c1. The highest BCUT2D eigenvalue weighted by Gasteiger charge is 2.39. The monoisotopic (exact) mass is 420 g/mol. The van der Waals surface area contributed by atoms with Crippen molar-refractivity contribution < 1.29 is 22.3 Å². The summed E-state index contributed by atoms with van der Waals surface area (Å²) in [6, 6.07) is 13.2. The van der Waals surface area contributed by atoms with Crippen molar-refractivity contribution >= 4 is 16.1 Å². The van der Waals surface area contributed by atoms with E-state index >= 15 is 0 Å². The summed E-state index contributed by atoms with van der Waals surface area (Å²) >= 11 is 0. The number of carbonyl (C=O) groups excluding carboxylic acids is 1. The van der Waals surface area contributed by atoms with E-state index in [0.29, 0.717) is 24.9 Å². The Morgan fingerprint density at radius 1 is 1.24 bits per heavy atom. The number of hydrogen-bond acceptors (Lipinski definition) is 4.